The molecule has 23 heavy (non-hydrogen) atoms. The van der Waals surface area contributed by atoms with E-state index in [9.17, 15) is 22.8 Å². The van der Waals surface area contributed by atoms with E-state index in [-0.39, 0.29) is 23.7 Å². The topological polar surface area (TPSA) is 61.2 Å². The fourth-order valence-electron chi connectivity index (χ4n) is 2.42. The van der Waals surface area contributed by atoms with Crippen molar-refractivity contribution in [2.24, 2.45) is 0 Å². The van der Waals surface area contributed by atoms with E-state index in [1.807, 2.05) is 0 Å². The van der Waals surface area contributed by atoms with Gasteiger partial charge in [0.2, 0.25) is 0 Å². The number of benzene rings is 1. The van der Waals surface area contributed by atoms with E-state index in [0.29, 0.717) is 12.1 Å². The standard InChI is InChI=1S/C15H11F3N2O3/c1-8(21)12-13(22)14-11(5-6-23-14)20(19-12)10-4-2-3-9(7-10)15(16,17)18/h2-4,7H,5-6H2,1H3. The zero-order chi connectivity index (χ0) is 16.8. The van der Waals surface area contributed by atoms with Crippen molar-refractivity contribution in [3.63, 3.8) is 0 Å². The van der Waals surface area contributed by atoms with Crippen LogP contribution in [0.5, 0.6) is 5.75 Å². The Morgan fingerprint density at radius 2 is 2.09 bits per heavy atom. The summed E-state index contributed by atoms with van der Waals surface area (Å²) in [5.74, 6) is -0.600. The van der Waals surface area contributed by atoms with E-state index in [2.05, 4.69) is 5.10 Å². The third kappa shape index (κ3) is 2.60. The maximum absolute atomic E-state index is 12.9. The molecule has 0 unspecified atom stereocenters. The van der Waals surface area contributed by atoms with Crippen LogP contribution in [-0.4, -0.2) is 22.2 Å². The molecule has 0 fully saturated rings. The molecular formula is C15H11F3N2O3. The molecule has 0 saturated heterocycles. The van der Waals surface area contributed by atoms with Crippen LogP contribution in [0, 0.1) is 0 Å². The number of carbonyl (C=O) groups is 1. The molecule has 8 heteroatoms. The van der Waals surface area contributed by atoms with Crippen molar-refractivity contribution < 1.29 is 22.7 Å². The van der Waals surface area contributed by atoms with Crippen molar-refractivity contribution >= 4 is 5.78 Å². The van der Waals surface area contributed by atoms with Crippen molar-refractivity contribution in [1.29, 1.82) is 0 Å². The monoisotopic (exact) mass is 324 g/mol. The average Bonchev–Trinajstić information content (AvgIpc) is 2.96. The molecular weight excluding hydrogens is 313 g/mol. The smallest absolute Gasteiger partial charge is 0.416 e. The first-order valence-electron chi connectivity index (χ1n) is 6.76. The number of fused-ring (bicyclic) bond motifs is 1. The molecule has 1 aromatic heterocycles. The summed E-state index contributed by atoms with van der Waals surface area (Å²) in [6.45, 7) is 1.38. The van der Waals surface area contributed by atoms with E-state index >= 15 is 0 Å². The summed E-state index contributed by atoms with van der Waals surface area (Å²) in [7, 11) is 0. The van der Waals surface area contributed by atoms with Crippen molar-refractivity contribution in [1.82, 2.24) is 9.78 Å². The first-order chi connectivity index (χ1) is 10.8. The molecule has 0 atom stereocenters. The number of Topliss-reactive ketones (excluding diaryl/α,β-unsaturated/α-hetero) is 1. The van der Waals surface area contributed by atoms with E-state index in [1.165, 1.54) is 23.7 Å². The number of ether oxygens (including phenoxy) is 1. The quantitative estimate of drug-likeness (QED) is 0.796. The molecule has 120 valence electrons. The average molecular weight is 324 g/mol. The molecule has 0 aliphatic carbocycles. The second-order valence-electron chi connectivity index (χ2n) is 5.07. The molecule has 0 spiro atoms. The number of nitrogens with zero attached hydrogens (tertiary/aromatic N) is 2. The van der Waals surface area contributed by atoms with Gasteiger partial charge in [0.25, 0.3) is 5.43 Å². The fourth-order valence-corrected chi connectivity index (χ4v) is 2.42. The zero-order valence-corrected chi connectivity index (χ0v) is 12.0. The van der Waals surface area contributed by atoms with Crippen LogP contribution >= 0.6 is 0 Å². The van der Waals surface area contributed by atoms with E-state index in [1.54, 1.807) is 0 Å². The number of aromatic nitrogens is 2. The highest BCUT2D eigenvalue weighted by Crippen LogP contribution is 2.31. The van der Waals surface area contributed by atoms with Gasteiger partial charge in [-0.25, -0.2) is 4.68 Å². The van der Waals surface area contributed by atoms with Gasteiger partial charge in [-0.3, -0.25) is 9.59 Å². The number of carbonyl (C=O) groups excluding carboxylic acids is 1. The number of rotatable bonds is 2. The Kier molecular flexibility index (Phi) is 3.46. The largest absolute Gasteiger partial charge is 0.487 e. The van der Waals surface area contributed by atoms with Gasteiger partial charge in [-0.15, -0.1) is 0 Å². The number of ketones is 1. The van der Waals surface area contributed by atoms with Crippen LogP contribution in [-0.2, 0) is 12.6 Å². The van der Waals surface area contributed by atoms with Crippen LogP contribution in [0.4, 0.5) is 13.2 Å². The summed E-state index contributed by atoms with van der Waals surface area (Å²) in [6, 6.07) is 4.53. The van der Waals surface area contributed by atoms with Crippen molar-refractivity contribution in [2.75, 3.05) is 6.61 Å². The first-order valence-corrected chi connectivity index (χ1v) is 6.76. The number of alkyl halides is 3. The van der Waals surface area contributed by atoms with E-state index in [0.717, 1.165) is 12.1 Å². The van der Waals surface area contributed by atoms with E-state index in [4.69, 9.17) is 4.74 Å². The van der Waals surface area contributed by atoms with Crippen LogP contribution in [0.15, 0.2) is 29.1 Å². The Balaban J connectivity index is 2.25. The van der Waals surface area contributed by atoms with Gasteiger partial charge in [0, 0.05) is 13.3 Å². The summed E-state index contributed by atoms with van der Waals surface area (Å²) >= 11 is 0. The highest BCUT2D eigenvalue weighted by Gasteiger charge is 2.31. The van der Waals surface area contributed by atoms with Crippen LogP contribution in [0.1, 0.15) is 28.7 Å². The third-order valence-electron chi connectivity index (χ3n) is 3.48. The lowest BCUT2D eigenvalue weighted by atomic mass is 10.1. The zero-order valence-electron chi connectivity index (χ0n) is 12.0. The Morgan fingerprint density at radius 1 is 1.35 bits per heavy atom. The van der Waals surface area contributed by atoms with Gasteiger partial charge in [0.05, 0.1) is 23.6 Å². The molecule has 2 aromatic rings. The maximum Gasteiger partial charge on any atom is 0.416 e. The van der Waals surface area contributed by atoms with Crippen LogP contribution in [0.3, 0.4) is 0 Å². The molecule has 1 aliphatic rings. The van der Waals surface area contributed by atoms with Gasteiger partial charge < -0.3 is 4.74 Å². The van der Waals surface area contributed by atoms with Crippen LogP contribution < -0.4 is 10.2 Å². The van der Waals surface area contributed by atoms with Gasteiger partial charge >= 0.3 is 6.18 Å². The normalized spacial score (nSPS) is 13.6. The van der Waals surface area contributed by atoms with Gasteiger partial charge in [-0.05, 0) is 18.2 Å². The minimum absolute atomic E-state index is 0.0254. The summed E-state index contributed by atoms with van der Waals surface area (Å²) < 4.78 is 45.0. The lowest BCUT2D eigenvalue weighted by molar-refractivity contribution is -0.137. The Morgan fingerprint density at radius 3 is 2.74 bits per heavy atom. The SMILES string of the molecule is CC(=O)c1nn(-c2cccc(C(F)(F)F)c2)c2c(c1=O)OCC2. The van der Waals surface area contributed by atoms with Crippen molar-refractivity contribution in [3.05, 3.63) is 51.4 Å². The Hall–Kier alpha value is -2.64. The minimum atomic E-state index is -4.50. The molecule has 0 N–H and O–H groups in total. The fraction of sp³-hybridized carbons (Fsp3) is 0.267. The molecule has 2 heterocycles. The summed E-state index contributed by atoms with van der Waals surface area (Å²) in [5.41, 5.74) is -1.35. The second kappa shape index (κ2) is 5.22. The van der Waals surface area contributed by atoms with E-state index < -0.39 is 23.0 Å². The predicted molar refractivity (Wildman–Crippen MR) is 74.0 cm³/mol. The Labute approximate surface area is 128 Å². The maximum atomic E-state index is 12.9. The second-order valence-corrected chi connectivity index (χ2v) is 5.07. The third-order valence-corrected chi connectivity index (χ3v) is 3.48. The molecule has 0 amide bonds. The van der Waals surface area contributed by atoms with Crippen LogP contribution in [0.25, 0.3) is 5.69 Å². The lowest BCUT2D eigenvalue weighted by Gasteiger charge is -2.13. The molecule has 0 saturated carbocycles. The number of hydrogen-bond acceptors (Lipinski definition) is 4. The first kappa shape index (κ1) is 15.3. The molecule has 0 radical (unpaired) electrons. The summed E-state index contributed by atoms with van der Waals surface area (Å²) in [5, 5.41) is 3.94. The highest BCUT2D eigenvalue weighted by atomic mass is 19.4. The van der Waals surface area contributed by atoms with Crippen LogP contribution in [0.2, 0.25) is 0 Å². The summed E-state index contributed by atoms with van der Waals surface area (Å²) in [4.78, 5) is 23.7. The lowest BCUT2D eigenvalue weighted by Crippen LogP contribution is -2.23. The van der Waals surface area contributed by atoms with Gasteiger partial charge in [-0.2, -0.15) is 18.3 Å². The number of halogens is 3. The van der Waals surface area contributed by atoms with Gasteiger partial charge in [0.15, 0.2) is 17.2 Å². The van der Waals surface area contributed by atoms with Crippen molar-refractivity contribution in [2.45, 2.75) is 19.5 Å². The highest BCUT2D eigenvalue weighted by molar-refractivity contribution is 5.92. The molecule has 5 nitrogen and oxygen atoms in total. The van der Waals surface area contributed by atoms with Crippen molar-refractivity contribution in [3.8, 4) is 11.4 Å². The number of hydrogen-bond donors (Lipinski definition) is 0. The molecule has 1 aliphatic heterocycles. The minimum Gasteiger partial charge on any atom is -0.487 e. The summed E-state index contributed by atoms with van der Waals surface area (Å²) in [6.07, 6.45) is -4.18. The van der Waals surface area contributed by atoms with Gasteiger partial charge in [0.1, 0.15) is 0 Å². The predicted octanol–water partition coefficient (Wildman–Crippen LogP) is 2.39. The van der Waals surface area contributed by atoms with Gasteiger partial charge in [-0.1, -0.05) is 6.07 Å². The molecule has 0 bridgehead atoms. The Bertz CT molecular complexity index is 856. The molecule has 1 aromatic carbocycles. The molecule has 3 rings (SSSR count).